The fourth-order valence-corrected chi connectivity index (χ4v) is 4.92. The first-order valence-electron chi connectivity index (χ1n) is 8.90. The number of carboxylic acid groups (broad SMARTS) is 1. The van der Waals surface area contributed by atoms with Crippen LogP contribution in [0.25, 0.3) is 0 Å². The number of hydrogen-bond donors (Lipinski definition) is 2. The maximum Gasteiger partial charge on any atom is 0.319 e. The number of sulfonamides is 1. The Labute approximate surface area is 153 Å². The monoisotopic (exact) mass is 380 g/mol. The summed E-state index contributed by atoms with van der Waals surface area (Å²) in [7, 11) is -2.07. The van der Waals surface area contributed by atoms with Crippen LogP contribution in [0.15, 0.2) is 29.2 Å². The summed E-state index contributed by atoms with van der Waals surface area (Å²) in [6, 6.07) is 6.00. The number of carbonyl (C=O) groups excluding carboxylic acids is 1. The van der Waals surface area contributed by atoms with E-state index in [0.717, 1.165) is 32.1 Å². The zero-order chi connectivity index (χ0) is 18.9. The van der Waals surface area contributed by atoms with Crippen LogP contribution >= 0.6 is 0 Å². The Morgan fingerprint density at radius 1 is 1.19 bits per heavy atom. The van der Waals surface area contributed by atoms with Crippen LogP contribution in [-0.4, -0.2) is 42.8 Å². The molecule has 1 aromatic carbocycles. The van der Waals surface area contributed by atoms with E-state index in [1.54, 1.807) is 19.2 Å². The topological polar surface area (TPSA) is 104 Å². The van der Waals surface area contributed by atoms with Crippen molar-refractivity contribution in [3.05, 3.63) is 24.3 Å². The SMILES string of the molecule is CN(C1CCCCC1)S(=O)(=O)c1cccc(NC(=O)C2(C(=O)O)CC2)c1. The van der Waals surface area contributed by atoms with E-state index >= 15 is 0 Å². The van der Waals surface area contributed by atoms with Gasteiger partial charge < -0.3 is 10.4 Å². The quantitative estimate of drug-likeness (QED) is 0.738. The van der Waals surface area contributed by atoms with Crippen molar-refractivity contribution in [3.63, 3.8) is 0 Å². The summed E-state index contributed by atoms with van der Waals surface area (Å²) in [4.78, 5) is 23.6. The molecule has 7 nitrogen and oxygen atoms in total. The molecule has 2 saturated carbocycles. The second kappa shape index (κ2) is 7.00. The zero-order valence-corrected chi connectivity index (χ0v) is 15.6. The number of nitrogens with one attached hydrogen (secondary N) is 1. The maximum absolute atomic E-state index is 12.9. The summed E-state index contributed by atoms with van der Waals surface area (Å²) < 4.78 is 27.2. The van der Waals surface area contributed by atoms with Crippen LogP contribution in [0.5, 0.6) is 0 Å². The van der Waals surface area contributed by atoms with Crippen LogP contribution in [0.2, 0.25) is 0 Å². The summed E-state index contributed by atoms with van der Waals surface area (Å²) >= 11 is 0. The lowest BCUT2D eigenvalue weighted by atomic mass is 9.96. The minimum atomic E-state index is -3.67. The Morgan fingerprint density at radius 3 is 2.42 bits per heavy atom. The fourth-order valence-electron chi connectivity index (χ4n) is 3.46. The molecular formula is C18H24N2O5S. The molecule has 0 aromatic heterocycles. The van der Waals surface area contributed by atoms with Gasteiger partial charge in [-0.2, -0.15) is 4.31 Å². The van der Waals surface area contributed by atoms with Gasteiger partial charge in [-0.05, 0) is 43.9 Å². The van der Waals surface area contributed by atoms with Crippen molar-refractivity contribution < 1.29 is 23.1 Å². The molecule has 0 aliphatic heterocycles. The summed E-state index contributed by atoms with van der Waals surface area (Å²) in [6.07, 6.45) is 5.50. The van der Waals surface area contributed by atoms with Gasteiger partial charge in [0, 0.05) is 18.8 Å². The Kier molecular flexibility index (Phi) is 5.07. The van der Waals surface area contributed by atoms with E-state index in [-0.39, 0.29) is 10.9 Å². The van der Waals surface area contributed by atoms with Crippen molar-refractivity contribution >= 4 is 27.6 Å². The van der Waals surface area contributed by atoms with Crippen LogP contribution in [-0.2, 0) is 19.6 Å². The average Bonchev–Trinajstić information content (AvgIpc) is 3.44. The highest BCUT2D eigenvalue weighted by Gasteiger charge is 2.57. The molecule has 0 heterocycles. The third-order valence-corrected chi connectivity index (χ3v) is 7.36. The number of carboxylic acids is 1. The molecule has 1 aromatic rings. The van der Waals surface area contributed by atoms with Crippen molar-refractivity contribution in [1.29, 1.82) is 0 Å². The number of rotatable bonds is 6. The molecule has 26 heavy (non-hydrogen) atoms. The van der Waals surface area contributed by atoms with Crippen LogP contribution in [0.4, 0.5) is 5.69 Å². The molecule has 0 unspecified atom stereocenters. The number of anilines is 1. The van der Waals surface area contributed by atoms with E-state index in [2.05, 4.69) is 5.32 Å². The summed E-state index contributed by atoms with van der Waals surface area (Å²) in [5.74, 6) is -1.74. The predicted molar refractivity (Wildman–Crippen MR) is 96.2 cm³/mol. The zero-order valence-electron chi connectivity index (χ0n) is 14.8. The Hall–Kier alpha value is -1.93. The standard InChI is InChI=1S/C18H24N2O5S/c1-20(14-7-3-2-4-8-14)26(24,25)15-9-5-6-13(12-15)19-16(21)18(10-11-18)17(22)23/h5-6,9,12,14H,2-4,7-8,10-11H2,1H3,(H,19,21)(H,22,23). The van der Waals surface area contributed by atoms with Crippen LogP contribution < -0.4 is 5.32 Å². The van der Waals surface area contributed by atoms with Crippen molar-refractivity contribution in [2.75, 3.05) is 12.4 Å². The van der Waals surface area contributed by atoms with Gasteiger partial charge in [0.2, 0.25) is 15.9 Å². The molecule has 8 heteroatoms. The molecule has 0 atom stereocenters. The number of hydrogen-bond acceptors (Lipinski definition) is 4. The van der Waals surface area contributed by atoms with E-state index in [1.165, 1.54) is 16.4 Å². The molecule has 142 valence electrons. The highest BCUT2D eigenvalue weighted by Crippen LogP contribution is 2.46. The highest BCUT2D eigenvalue weighted by molar-refractivity contribution is 7.89. The first kappa shape index (κ1) is 18.8. The number of benzene rings is 1. The Balaban J connectivity index is 1.78. The molecule has 0 saturated heterocycles. The van der Waals surface area contributed by atoms with Crippen LogP contribution in [0, 0.1) is 5.41 Å². The molecular weight excluding hydrogens is 356 g/mol. The second-order valence-corrected chi connectivity index (χ2v) is 9.18. The lowest BCUT2D eigenvalue weighted by Gasteiger charge is -2.30. The first-order chi connectivity index (χ1) is 12.3. The van der Waals surface area contributed by atoms with Gasteiger partial charge in [0.25, 0.3) is 0 Å². The van der Waals surface area contributed by atoms with E-state index < -0.39 is 27.3 Å². The molecule has 0 spiro atoms. The van der Waals surface area contributed by atoms with Crippen LogP contribution in [0.1, 0.15) is 44.9 Å². The number of carbonyl (C=O) groups is 2. The maximum atomic E-state index is 12.9. The van der Waals surface area contributed by atoms with Crippen molar-refractivity contribution in [2.24, 2.45) is 5.41 Å². The largest absolute Gasteiger partial charge is 0.480 e. The number of amides is 1. The van der Waals surface area contributed by atoms with Gasteiger partial charge in [-0.1, -0.05) is 25.3 Å². The van der Waals surface area contributed by atoms with Gasteiger partial charge >= 0.3 is 5.97 Å². The van der Waals surface area contributed by atoms with Gasteiger partial charge in [-0.3, -0.25) is 9.59 Å². The molecule has 1 amide bonds. The molecule has 0 radical (unpaired) electrons. The molecule has 0 bridgehead atoms. The predicted octanol–water partition coefficient (Wildman–Crippen LogP) is 2.44. The highest BCUT2D eigenvalue weighted by atomic mass is 32.2. The van der Waals surface area contributed by atoms with E-state index in [0.29, 0.717) is 18.5 Å². The van der Waals surface area contributed by atoms with Crippen molar-refractivity contribution in [1.82, 2.24) is 4.31 Å². The summed E-state index contributed by atoms with van der Waals surface area (Å²) in [5, 5.41) is 11.7. The summed E-state index contributed by atoms with van der Waals surface area (Å²) in [6.45, 7) is 0. The van der Waals surface area contributed by atoms with Gasteiger partial charge in [0.15, 0.2) is 0 Å². The van der Waals surface area contributed by atoms with Gasteiger partial charge in [-0.15, -0.1) is 0 Å². The smallest absolute Gasteiger partial charge is 0.319 e. The van der Waals surface area contributed by atoms with E-state index in [1.807, 2.05) is 0 Å². The van der Waals surface area contributed by atoms with E-state index in [4.69, 9.17) is 0 Å². The fraction of sp³-hybridized carbons (Fsp3) is 0.556. The van der Waals surface area contributed by atoms with Crippen molar-refractivity contribution in [3.8, 4) is 0 Å². The Morgan fingerprint density at radius 2 is 1.85 bits per heavy atom. The lowest BCUT2D eigenvalue weighted by Crippen LogP contribution is -2.38. The Bertz CT molecular complexity index is 811. The molecule has 3 rings (SSSR count). The van der Waals surface area contributed by atoms with Crippen LogP contribution in [0.3, 0.4) is 0 Å². The summed E-state index contributed by atoms with van der Waals surface area (Å²) in [5.41, 5.74) is -1.08. The van der Waals surface area contributed by atoms with Gasteiger partial charge in [0.1, 0.15) is 5.41 Å². The van der Waals surface area contributed by atoms with Gasteiger partial charge in [0.05, 0.1) is 4.90 Å². The lowest BCUT2D eigenvalue weighted by molar-refractivity contribution is -0.147. The third kappa shape index (κ3) is 3.48. The van der Waals surface area contributed by atoms with E-state index in [9.17, 15) is 23.1 Å². The first-order valence-corrected chi connectivity index (χ1v) is 10.3. The minimum Gasteiger partial charge on any atom is -0.480 e. The second-order valence-electron chi connectivity index (χ2n) is 7.18. The average molecular weight is 380 g/mol. The molecule has 2 aliphatic carbocycles. The van der Waals surface area contributed by atoms with Gasteiger partial charge in [-0.25, -0.2) is 8.42 Å². The minimum absolute atomic E-state index is 0.00580. The number of nitrogens with zero attached hydrogens (tertiary/aromatic N) is 1. The normalized spacial score (nSPS) is 19.9. The molecule has 2 aliphatic rings. The molecule has 2 N–H and O–H groups in total. The van der Waals surface area contributed by atoms with Crippen molar-refractivity contribution in [2.45, 2.75) is 55.9 Å². The number of aliphatic carboxylic acids is 1. The molecule has 2 fully saturated rings. The third-order valence-electron chi connectivity index (χ3n) is 5.45.